The maximum atomic E-state index is 14.6. The summed E-state index contributed by atoms with van der Waals surface area (Å²) in [5.41, 5.74) is 13.3. The van der Waals surface area contributed by atoms with E-state index in [9.17, 15) is 23.9 Å². The zero-order valence-corrected chi connectivity index (χ0v) is 18.3. The summed E-state index contributed by atoms with van der Waals surface area (Å²) in [7, 11) is 0. The third-order valence-corrected chi connectivity index (χ3v) is 5.52. The van der Waals surface area contributed by atoms with Gasteiger partial charge in [-0.2, -0.15) is 0 Å². The second-order valence-electron chi connectivity index (χ2n) is 8.04. The van der Waals surface area contributed by atoms with Gasteiger partial charge in [-0.1, -0.05) is 12.1 Å². The van der Waals surface area contributed by atoms with Crippen molar-refractivity contribution in [3.8, 4) is 16.9 Å². The highest BCUT2D eigenvalue weighted by atomic mass is 19.1. The zero-order valence-electron chi connectivity index (χ0n) is 18.3. The van der Waals surface area contributed by atoms with Gasteiger partial charge in [-0.25, -0.2) is 9.18 Å². The number of phenols is 1. The highest BCUT2D eigenvalue weighted by molar-refractivity contribution is 5.90. The number of hydrogen-bond acceptors (Lipinski definition) is 7. The van der Waals surface area contributed by atoms with Gasteiger partial charge in [0.15, 0.2) is 6.23 Å². The van der Waals surface area contributed by atoms with E-state index in [1.54, 1.807) is 12.1 Å². The van der Waals surface area contributed by atoms with E-state index in [2.05, 4.69) is 10.6 Å². The number of halogens is 1. The molecule has 3 atom stereocenters. The van der Waals surface area contributed by atoms with E-state index in [4.69, 9.17) is 21.3 Å². The van der Waals surface area contributed by atoms with Crippen molar-refractivity contribution < 1.29 is 33.7 Å². The number of carbonyl (C=O) groups excluding carboxylic acids is 2. The molecule has 182 valence electrons. The van der Waals surface area contributed by atoms with Gasteiger partial charge < -0.3 is 37.1 Å². The average Bonchev–Trinajstić information content (AvgIpc) is 2.78. The largest absolute Gasteiger partial charge is 0.508 e. The number of nitrogens with one attached hydrogen (secondary N) is 2. The summed E-state index contributed by atoms with van der Waals surface area (Å²) < 4.78 is 19.4. The number of ether oxygens (including phenoxy) is 1. The molecule has 1 aliphatic heterocycles. The van der Waals surface area contributed by atoms with Gasteiger partial charge >= 0.3 is 6.16 Å². The molecule has 0 aliphatic carbocycles. The topological polar surface area (TPSA) is 177 Å². The number of fused-ring (bicyclic) bond motifs is 5. The molecule has 34 heavy (non-hydrogen) atoms. The molecule has 0 saturated heterocycles. The van der Waals surface area contributed by atoms with Gasteiger partial charge in [0.05, 0.1) is 6.04 Å². The molecule has 1 aliphatic rings. The number of phenolic OH excluding ortho intramolecular Hbond substituents is 1. The number of aromatic hydroxyl groups is 1. The predicted molar refractivity (Wildman–Crippen MR) is 120 cm³/mol. The van der Waals surface area contributed by atoms with Crippen molar-refractivity contribution in [1.29, 1.82) is 0 Å². The van der Waals surface area contributed by atoms with Gasteiger partial charge in [0.25, 0.3) is 0 Å². The Kier molecular flexibility index (Phi) is 8.03. The first-order valence-corrected chi connectivity index (χ1v) is 10.7. The quantitative estimate of drug-likeness (QED) is 0.355. The second kappa shape index (κ2) is 10.9. The van der Waals surface area contributed by atoms with Crippen molar-refractivity contribution in [2.75, 3.05) is 6.54 Å². The first-order valence-electron chi connectivity index (χ1n) is 10.7. The Hall–Kier alpha value is -3.70. The molecule has 2 aromatic carbocycles. The van der Waals surface area contributed by atoms with Crippen LogP contribution >= 0.6 is 0 Å². The van der Waals surface area contributed by atoms with E-state index in [0.717, 1.165) is 0 Å². The maximum Gasteiger partial charge on any atom is 0.507 e. The highest BCUT2D eigenvalue weighted by Gasteiger charge is 2.28. The molecule has 3 rings (SSSR count). The highest BCUT2D eigenvalue weighted by Crippen LogP contribution is 2.29. The van der Waals surface area contributed by atoms with Crippen LogP contribution in [0.5, 0.6) is 5.75 Å². The summed E-state index contributed by atoms with van der Waals surface area (Å²) in [6, 6.07) is 6.78. The molecule has 4 bridgehead atoms. The van der Waals surface area contributed by atoms with E-state index in [1.807, 2.05) is 0 Å². The Morgan fingerprint density at radius 2 is 1.74 bits per heavy atom. The first kappa shape index (κ1) is 24.9. The standard InChI is InChI=1S/C23H27FN4O6/c24-16-5-3-12-8-14(16)11-20(34-23(32)33)28-22(31)18(2-1-7-25)27-21(30)17(26)10-15-9-13(12)4-6-19(15)29/h3-6,8-9,17-18,20,29H,1-2,7,10-11,25-26H2,(H,27,30)(H,28,31)(H,32,33)/t17-,18-,20-/m0/s1. The van der Waals surface area contributed by atoms with Crippen molar-refractivity contribution in [1.82, 2.24) is 10.6 Å². The summed E-state index contributed by atoms with van der Waals surface area (Å²) in [5, 5.41) is 24.4. The Morgan fingerprint density at radius 1 is 1.06 bits per heavy atom. The molecule has 2 amide bonds. The fraction of sp³-hybridized carbons (Fsp3) is 0.348. The maximum absolute atomic E-state index is 14.6. The lowest BCUT2D eigenvalue weighted by Crippen LogP contribution is -2.54. The van der Waals surface area contributed by atoms with Crippen LogP contribution in [-0.2, 0) is 27.2 Å². The minimum absolute atomic E-state index is 0.0183. The molecule has 0 saturated carbocycles. The van der Waals surface area contributed by atoms with Gasteiger partial charge in [-0.3, -0.25) is 9.59 Å². The number of rotatable bonds is 4. The number of amides is 2. The Morgan fingerprint density at radius 3 is 2.41 bits per heavy atom. The zero-order chi connectivity index (χ0) is 24.8. The van der Waals surface area contributed by atoms with Crippen LogP contribution in [0.25, 0.3) is 11.1 Å². The second-order valence-corrected chi connectivity index (χ2v) is 8.04. The lowest BCUT2D eigenvalue weighted by Gasteiger charge is -2.24. The molecule has 0 spiro atoms. The molecule has 0 radical (unpaired) electrons. The van der Waals surface area contributed by atoms with E-state index in [-0.39, 0.29) is 37.1 Å². The summed E-state index contributed by atoms with van der Waals surface area (Å²) in [6.45, 7) is 0.249. The third-order valence-electron chi connectivity index (χ3n) is 5.52. The van der Waals surface area contributed by atoms with Crippen LogP contribution in [0, 0.1) is 5.82 Å². The summed E-state index contributed by atoms with van der Waals surface area (Å²) in [5.74, 6) is -2.05. The van der Waals surface area contributed by atoms with E-state index >= 15 is 0 Å². The molecule has 2 aromatic rings. The Bertz CT molecular complexity index is 1080. The van der Waals surface area contributed by atoms with Crippen LogP contribution in [0.4, 0.5) is 9.18 Å². The first-order chi connectivity index (χ1) is 16.2. The van der Waals surface area contributed by atoms with Crippen LogP contribution in [0.1, 0.15) is 24.0 Å². The van der Waals surface area contributed by atoms with Crippen LogP contribution in [0.2, 0.25) is 0 Å². The number of carbonyl (C=O) groups is 3. The fourth-order valence-electron chi connectivity index (χ4n) is 3.74. The number of carboxylic acid groups (broad SMARTS) is 1. The minimum Gasteiger partial charge on any atom is -0.508 e. The molecule has 10 nitrogen and oxygen atoms in total. The van der Waals surface area contributed by atoms with Gasteiger partial charge in [0.2, 0.25) is 11.8 Å². The average molecular weight is 474 g/mol. The van der Waals surface area contributed by atoms with Crippen molar-refractivity contribution >= 4 is 18.0 Å². The van der Waals surface area contributed by atoms with Crippen molar-refractivity contribution in [2.45, 2.75) is 44.0 Å². The van der Waals surface area contributed by atoms with Crippen molar-refractivity contribution in [2.24, 2.45) is 11.5 Å². The SMILES string of the molecule is NCCC[C@@H]1NC(=O)[C@@H](N)Cc2cc(ccc2O)-c2ccc(F)c(c2)C[C@H](OC(=O)O)NC1=O. The monoisotopic (exact) mass is 474 g/mol. The lowest BCUT2D eigenvalue weighted by molar-refractivity contribution is -0.131. The van der Waals surface area contributed by atoms with Crippen LogP contribution in [-0.4, -0.2) is 53.0 Å². The van der Waals surface area contributed by atoms with E-state index in [1.165, 1.54) is 24.3 Å². The van der Waals surface area contributed by atoms with E-state index < -0.39 is 42.1 Å². The van der Waals surface area contributed by atoms with E-state index in [0.29, 0.717) is 23.1 Å². The predicted octanol–water partition coefficient (Wildman–Crippen LogP) is 0.985. The third kappa shape index (κ3) is 6.21. The Balaban J connectivity index is 2.07. The van der Waals surface area contributed by atoms with Gasteiger partial charge in [0, 0.05) is 12.8 Å². The van der Waals surface area contributed by atoms with Crippen LogP contribution in [0.3, 0.4) is 0 Å². The molecular weight excluding hydrogens is 447 g/mol. The molecule has 0 aromatic heterocycles. The van der Waals surface area contributed by atoms with Crippen LogP contribution < -0.4 is 22.1 Å². The molecule has 0 unspecified atom stereocenters. The minimum atomic E-state index is -1.66. The summed E-state index contributed by atoms with van der Waals surface area (Å²) in [6.07, 6.45) is -2.84. The molecule has 0 fully saturated rings. The van der Waals surface area contributed by atoms with Gasteiger partial charge in [-0.05, 0) is 65.9 Å². The number of hydrogen-bond donors (Lipinski definition) is 6. The smallest absolute Gasteiger partial charge is 0.507 e. The normalized spacial score (nSPS) is 21.0. The summed E-state index contributed by atoms with van der Waals surface area (Å²) in [4.78, 5) is 36.8. The molecule has 11 heteroatoms. The molecule has 1 heterocycles. The molecule has 8 N–H and O–H groups in total. The van der Waals surface area contributed by atoms with Crippen molar-refractivity contribution in [3.05, 3.63) is 53.3 Å². The number of nitrogens with two attached hydrogens (primary N) is 2. The fourth-order valence-corrected chi connectivity index (χ4v) is 3.74. The molecular formula is C23H27FN4O6. The van der Waals surface area contributed by atoms with Gasteiger partial charge in [0.1, 0.15) is 17.6 Å². The lowest BCUT2D eigenvalue weighted by atomic mass is 9.96. The van der Waals surface area contributed by atoms with Crippen LogP contribution in [0.15, 0.2) is 36.4 Å². The van der Waals surface area contributed by atoms with Gasteiger partial charge in [-0.15, -0.1) is 0 Å². The Labute approximate surface area is 195 Å². The summed E-state index contributed by atoms with van der Waals surface area (Å²) >= 11 is 0. The van der Waals surface area contributed by atoms with Crippen molar-refractivity contribution in [3.63, 3.8) is 0 Å². The number of benzene rings is 2.